The second-order valence-corrected chi connectivity index (χ2v) is 6.58. The summed E-state index contributed by atoms with van der Waals surface area (Å²) in [6.45, 7) is 3.76. The van der Waals surface area contributed by atoms with E-state index in [4.69, 9.17) is 0 Å². The monoisotopic (exact) mass is 353 g/mol. The van der Waals surface area contributed by atoms with Crippen LogP contribution >= 0.6 is 0 Å². The number of aromatic nitrogens is 3. The van der Waals surface area contributed by atoms with Gasteiger partial charge in [-0.15, -0.1) is 0 Å². The Balaban J connectivity index is 1.36. The number of amides is 2. The van der Waals surface area contributed by atoms with Crippen molar-refractivity contribution in [1.29, 1.82) is 0 Å². The van der Waals surface area contributed by atoms with E-state index >= 15 is 0 Å². The molecular weight excluding hydrogens is 334 g/mol. The third kappa shape index (κ3) is 3.05. The molecule has 2 N–H and O–H groups in total. The maximum Gasteiger partial charge on any atom is 0.273 e. The minimum Gasteiger partial charge on any atom is -0.364 e. The topological polar surface area (TPSA) is 104 Å². The summed E-state index contributed by atoms with van der Waals surface area (Å²) in [5.74, 6) is -0.0353. The van der Waals surface area contributed by atoms with Crippen LogP contribution in [-0.2, 0) is 0 Å². The van der Waals surface area contributed by atoms with Crippen LogP contribution in [0.4, 0.5) is 0 Å². The van der Waals surface area contributed by atoms with E-state index in [2.05, 4.69) is 25.2 Å². The van der Waals surface area contributed by atoms with Crippen molar-refractivity contribution >= 4 is 22.7 Å². The van der Waals surface area contributed by atoms with Gasteiger partial charge in [-0.1, -0.05) is 11.2 Å². The molecule has 26 heavy (non-hydrogen) atoms. The molecule has 0 saturated carbocycles. The molecule has 2 amide bonds. The third-order valence-electron chi connectivity index (χ3n) is 4.79. The van der Waals surface area contributed by atoms with Crippen molar-refractivity contribution < 1.29 is 14.1 Å². The number of benzene rings is 1. The van der Waals surface area contributed by atoms with Gasteiger partial charge < -0.3 is 14.7 Å². The van der Waals surface area contributed by atoms with Gasteiger partial charge >= 0.3 is 0 Å². The van der Waals surface area contributed by atoms with Gasteiger partial charge in [0.25, 0.3) is 11.8 Å². The molecule has 0 bridgehead atoms. The molecular formula is C18H19N5O3. The highest BCUT2D eigenvalue weighted by atomic mass is 16.5. The summed E-state index contributed by atoms with van der Waals surface area (Å²) < 4.78 is 4.67. The van der Waals surface area contributed by atoms with Crippen LogP contribution < -0.4 is 5.32 Å². The van der Waals surface area contributed by atoms with E-state index < -0.39 is 0 Å². The zero-order chi connectivity index (χ0) is 18.1. The first-order valence-corrected chi connectivity index (χ1v) is 8.54. The minimum atomic E-state index is -0.261. The summed E-state index contributed by atoms with van der Waals surface area (Å²) in [6.07, 6.45) is 2.22. The normalized spacial score (nSPS) is 17.0. The molecule has 4 rings (SSSR count). The van der Waals surface area contributed by atoms with Crippen LogP contribution in [0, 0.1) is 12.8 Å². The molecule has 8 heteroatoms. The van der Waals surface area contributed by atoms with Gasteiger partial charge in [0.1, 0.15) is 6.26 Å². The highest BCUT2D eigenvalue weighted by Gasteiger charge is 2.27. The Labute approximate surface area is 149 Å². The number of carbonyl (C=O) groups excluding carboxylic acids is 2. The van der Waals surface area contributed by atoms with Gasteiger partial charge in [0.05, 0.1) is 5.52 Å². The van der Waals surface area contributed by atoms with Crippen molar-refractivity contribution in [2.24, 2.45) is 5.92 Å². The molecule has 0 radical (unpaired) electrons. The van der Waals surface area contributed by atoms with Crippen molar-refractivity contribution in [3.8, 4) is 0 Å². The average Bonchev–Trinajstić information content (AvgIpc) is 3.40. The van der Waals surface area contributed by atoms with E-state index in [0.717, 1.165) is 23.0 Å². The van der Waals surface area contributed by atoms with E-state index in [1.807, 2.05) is 30.0 Å². The molecule has 1 aliphatic rings. The minimum absolute atomic E-state index is 0.00196. The van der Waals surface area contributed by atoms with Gasteiger partial charge in [0.15, 0.2) is 5.69 Å². The highest BCUT2D eigenvalue weighted by molar-refractivity contribution is 5.98. The summed E-state index contributed by atoms with van der Waals surface area (Å²) in [4.78, 5) is 26.5. The van der Waals surface area contributed by atoms with Crippen LogP contribution in [0.25, 0.3) is 10.9 Å². The maximum atomic E-state index is 12.7. The zero-order valence-corrected chi connectivity index (χ0v) is 14.4. The average molecular weight is 353 g/mol. The third-order valence-corrected chi connectivity index (χ3v) is 4.79. The van der Waals surface area contributed by atoms with E-state index in [-0.39, 0.29) is 23.4 Å². The molecule has 8 nitrogen and oxygen atoms in total. The number of aromatic amines is 1. The molecule has 0 aliphatic carbocycles. The van der Waals surface area contributed by atoms with Crippen LogP contribution in [0.2, 0.25) is 0 Å². The highest BCUT2D eigenvalue weighted by Crippen LogP contribution is 2.21. The molecule has 1 aromatic carbocycles. The summed E-state index contributed by atoms with van der Waals surface area (Å²) in [6, 6.07) is 7.10. The Hall–Kier alpha value is -3.16. The lowest BCUT2D eigenvalue weighted by Crippen LogP contribution is -2.33. The molecule has 0 unspecified atom stereocenters. The lowest BCUT2D eigenvalue weighted by molar-refractivity contribution is 0.0787. The van der Waals surface area contributed by atoms with E-state index in [1.54, 1.807) is 0 Å². The van der Waals surface area contributed by atoms with Gasteiger partial charge in [-0.2, -0.15) is 5.10 Å². The van der Waals surface area contributed by atoms with E-state index in [9.17, 15) is 9.59 Å². The number of carbonyl (C=O) groups is 2. The fourth-order valence-corrected chi connectivity index (χ4v) is 3.30. The number of H-pyrrole nitrogens is 1. The van der Waals surface area contributed by atoms with Crippen molar-refractivity contribution in [3.05, 3.63) is 47.5 Å². The van der Waals surface area contributed by atoms with Gasteiger partial charge in [0.2, 0.25) is 0 Å². The standard InChI is InChI=1S/C18H19N5O3/c1-11-14-3-2-13(8-16(14)21-20-11)18(25)23-6-4-12(10-23)9-19-17(24)15-5-7-26-22-15/h2-3,5,7-8,12H,4,6,9-10H2,1H3,(H,19,24)(H,20,21)/t12-/m1/s1. The first kappa shape index (κ1) is 16.3. The lowest BCUT2D eigenvalue weighted by atomic mass is 10.1. The van der Waals surface area contributed by atoms with Crippen LogP contribution in [0.15, 0.2) is 35.1 Å². The Kier molecular flexibility index (Phi) is 4.16. The summed E-state index contributed by atoms with van der Waals surface area (Å²) in [5, 5.41) is 14.6. The predicted octanol–water partition coefficient (Wildman–Crippen LogP) is 1.75. The van der Waals surface area contributed by atoms with E-state index in [0.29, 0.717) is 25.2 Å². The largest absolute Gasteiger partial charge is 0.364 e. The number of nitrogens with one attached hydrogen (secondary N) is 2. The Morgan fingerprint density at radius 1 is 1.38 bits per heavy atom. The number of aryl methyl sites for hydroxylation is 1. The van der Waals surface area contributed by atoms with Crippen molar-refractivity contribution in [3.63, 3.8) is 0 Å². The smallest absolute Gasteiger partial charge is 0.273 e. The number of nitrogens with zero attached hydrogens (tertiary/aromatic N) is 3. The molecule has 1 atom stereocenters. The van der Waals surface area contributed by atoms with Gasteiger partial charge in [0, 0.05) is 42.3 Å². The van der Waals surface area contributed by atoms with Crippen molar-refractivity contribution in [1.82, 2.24) is 25.6 Å². The second-order valence-electron chi connectivity index (χ2n) is 6.58. The quantitative estimate of drug-likeness (QED) is 0.744. The molecule has 3 aromatic rings. The summed E-state index contributed by atoms with van der Waals surface area (Å²) in [7, 11) is 0. The summed E-state index contributed by atoms with van der Waals surface area (Å²) >= 11 is 0. The number of hydrogen-bond acceptors (Lipinski definition) is 5. The van der Waals surface area contributed by atoms with Gasteiger partial charge in [-0.25, -0.2) is 0 Å². The Bertz CT molecular complexity index is 947. The van der Waals surface area contributed by atoms with Crippen LogP contribution in [0.1, 0.15) is 33.0 Å². The van der Waals surface area contributed by atoms with Crippen LogP contribution in [0.5, 0.6) is 0 Å². The van der Waals surface area contributed by atoms with Gasteiger partial charge in [-0.05, 0) is 31.4 Å². The molecule has 0 spiro atoms. The number of rotatable bonds is 4. The zero-order valence-electron chi connectivity index (χ0n) is 14.4. The maximum absolute atomic E-state index is 12.7. The summed E-state index contributed by atoms with van der Waals surface area (Å²) in [5.41, 5.74) is 2.68. The lowest BCUT2D eigenvalue weighted by Gasteiger charge is -2.17. The number of hydrogen-bond donors (Lipinski definition) is 2. The van der Waals surface area contributed by atoms with Crippen molar-refractivity contribution in [2.45, 2.75) is 13.3 Å². The van der Waals surface area contributed by atoms with Crippen LogP contribution in [0.3, 0.4) is 0 Å². The molecule has 1 fully saturated rings. The molecule has 1 saturated heterocycles. The molecule has 2 aromatic heterocycles. The van der Waals surface area contributed by atoms with Crippen LogP contribution in [-0.4, -0.2) is 51.7 Å². The number of fused-ring (bicyclic) bond motifs is 1. The molecule has 1 aliphatic heterocycles. The SMILES string of the molecule is Cc1[nH]nc2cc(C(=O)N3CC[C@H](CNC(=O)c4ccon4)C3)ccc12. The van der Waals surface area contributed by atoms with Crippen molar-refractivity contribution in [2.75, 3.05) is 19.6 Å². The fourth-order valence-electron chi connectivity index (χ4n) is 3.30. The Morgan fingerprint density at radius 2 is 2.27 bits per heavy atom. The van der Waals surface area contributed by atoms with E-state index in [1.165, 1.54) is 12.3 Å². The fraction of sp³-hybridized carbons (Fsp3) is 0.333. The van der Waals surface area contributed by atoms with Gasteiger partial charge in [-0.3, -0.25) is 14.7 Å². The molecule has 134 valence electrons. The predicted molar refractivity (Wildman–Crippen MR) is 93.7 cm³/mol. The molecule has 3 heterocycles. The number of likely N-dealkylation sites (tertiary alicyclic amines) is 1. The Morgan fingerprint density at radius 3 is 3.08 bits per heavy atom. The first-order chi connectivity index (χ1) is 12.6. The second kappa shape index (κ2) is 6.62. The first-order valence-electron chi connectivity index (χ1n) is 8.54.